The summed E-state index contributed by atoms with van der Waals surface area (Å²) in [5.41, 5.74) is 3.53. The van der Waals surface area contributed by atoms with Gasteiger partial charge in [-0.3, -0.25) is 4.79 Å². The number of carboxylic acid groups (broad SMARTS) is 1. The Morgan fingerprint density at radius 3 is 2.40 bits per heavy atom. The lowest BCUT2D eigenvalue weighted by molar-refractivity contribution is -0.136. The van der Waals surface area contributed by atoms with Gasteiger partial charge in [-0.05, 0) is 23.6 Å². The Morgan fingerprint density at radius 1 is 1.10 bits per heavy atom. The summed E-state index contributed by atoms with van der Waals surface area (Å²) in [5, 5.41) is 12.1. The first kappa shape index (κ1) is 14.3. The Labute approximate surface area is 119 Å². The van der Waals surface area contributed by atoms with Crippen LogP contribution in [0.2, 0.25) is 0 Å². The van der Waals surface area contributed by atoms with Gasteiger partial charge in [0.15, 0.2) is 0 Å². The molecule has 0 bridgehead atoms. The molecule has 0 aliphatic carbocycles. The summed E-state index contributed by atoms with van der Waals surface area (Å²) >= 11 is 0. The SMILES string of the molecule is Cc1ccccc1C(NCCC(=O)O)c1ccccc1. The fourth-order valence-corrected chi connectivity index (χ4v) is 2.29. The molecule has 2 N–H and O–H groups in total. The van der Waals surface area contributed by atoms with Gasteiger partial charge in [-0.25, -0.2) is 0 Å². The van der Waals surface area contributed by atoms with Gasteiger partial charge in [0, 0.05) is 6.54 Å². The van der Waals surface area contributed by atoms with Crippen molar-refractivity contribution in [2.75, 3.05) is 6.54 Å². The Balaban J connectivity index is 2.25. The average Bonchev–Trinajstić information content (AvgIpc) is 2.45. The number of carbonyl (C=O) groups is 1. The van der Waals surface area contributed by atoms with Gasteiger partial charge in [0.2, 0.25) is 0 Å². The minimum Gasteiger partial charge on any atom is -0.481 e. The van der Waals surface area contributed by atoms with Gasteiger partial charge in [-0.1, -0.05) is 54.6 Å². The van der Waals surface area contributed by atoms with Crippen molar-refractivity contribution in [1.29, 1.82) is 0 Å². The number of aliphatic carboxylic acids is 1. The van der Waals surface area contributed by atoms with Crippen molar-refractivity contribution >= 4 is 5.97 Å². The van der Waals surface area contributed by atoms with Crippen LogP contribution in [0.25, 0.3) is 0 Å². The second-order valence-electron chi connectivity index (χ2n) is 4.80. The smallest absolute Gasteiger partial charge is 0.304 e. The number of nitrogens with one attached hydrogen (secondary N) is 1. The third kappa shape index (κ3) is 3.68. The maximum Gasteiger partial charge on any atom is 0.304 e. The zero-order chi connectivity index (χ0) is 14.4. The van der Waals surface area contributed by atoms with E-state index in [-0.39, 0.29) is 12.5 Å². The lowest BCUT2D eigenvalue weighted by Crippen LogP contribution is -2.25. The number of aryl methyl sites for hydroxylation is 1. The topological polar surface area (TPSA) is 49.3 Å². The molecule has 1 unspecified atom stereocenters. The van der Waals surface area contributed by atoms with E-state index in [0.717, 1.165) is 5.56 Å². The monoisotopic (exact) mass is 269 g/mol. The third-order valence-electron chi connectivity index (χ3n) is 3.32. The Morgan fingerprint density at radius 2 is 1.75 bits per heavy atom. The van der Waals surface area contributed by atoms with Crippen LogP contribution < -0.4 is 5.32 Å². The predicted molar refractivity (Wildman–Crippen MR) is 79.7 cm³/mol. The van der Waals surface area contributed by atoms with Gasteiger partial charge in [0.25, 0.3) is 0 Å². The highest BCUT2D eigenvalue weighted by Crippen LogP contribution is 2.24. The fourth-order valence-electron chi connectivity index (χ4n) is 2.29. The first-order valence-electron chi connectivity index (χ1n) is 6.74. The zero-order valence-corrected chi connectivity index (χ0v) is 11.5. The van der Waals surface area contributed by atoms with Crippen molar-refractivity contribution in [3.63, 3.8) is 0 Å². The van der Waals surface area contributed by atoms with Crippen molar-refractivity contribution in [3.05, 3.63) is 71.3 Å². The van der Waals surface area contributed by atoms with Crippen molar-refractivity contribution in [2.45, 2.75) is 19.4 Å². The molecule has 104 valence electrons. The summed E-state index contributed by atoms with van der Waals surface area (Å²) in [6.07, 6.45) is 0.120. The summed E-state index contributed by atoms with van der Waals surface area (Å²) in [7, 11) is 0. The van der Waals surface area contributed by atoms with Gasteiger partial charge >= 0.3 is 5.97 Å². The lowest BCUT2D eigenvalue weighted by atomic mass is 9.95. The summed E-state index contributed by atoms with van der Waals surface area (Å²) in [4.78, 5) is 10.7. The van der Waals surface area contributed by atoms with Crippen molar-refractivity contribution in [1.82, 2.24) is 5.32 Å². The molecule has 0 aliphatic heterocycles. The van der Waals surface area contributed by atoms with Crippen LogP contribution >= 0.6 is 0 Å². The first-order chi connectivity index (χ1) is 9.68. The highest BCUT2D eigenvalue weighted by molar-refractivity contribution is 5.66. The Hall–Kier alpha value is -2.13. The zero-order valence-electron chi connectivity index (χ0n) is 11.5. The van der Waals surface area contributed by atoms with Crippen LogP contribution in [0.1, 0.15) is 29.2 Å². The first-order valence-corrected chi connectivity index (χ1v) is 6.74. The van der Waals surface area contributed by atoms with Crippen molar-refractivity contribution < 1.29 is 9.90 Å². The molecule has 1 atom stereocenters. The van der Waals surface area contributed by atoms with E-state index in [9.17, 15) is 4.79 Å². The van der Waals surface area contributed by atoms with Gasteiger partial charge in [0.1, 0.15) is 0 Å². The van der Waals surface area contributed by atoms with E-state index < -0.39 is 5.97 Å². The molecule has 0 spiro atoms. The van der Waals surface area contributed by atoms with Crippen LogP contribution in [0.3, 0.4) is 0 Å². The number of hydrogen-bond acceptors (Lipinski definition) is 2. The largest absolute Gasteiger partial charge is 0.481 e. The lowest BCUT2D eigenvalue weighted by Gasteiger charge is -2.21. The molecule has 0 aliphatic rings. The Bertz CT molecular complexity index is 566. The van der Waals surface area contributed by atoms with E-state index >= 15 is 0 Å². The Kier molecular flexibility index (Phi) is 4.91. The number of hydrogen-bond donors (Lipinski definition) is 2. The molecule has 0 amide bonds. The molecule has 0 saturated heterocycles. The summed E-state index contributed by atoms with van der Waals surface area (Å²) < 4.78 is 0. The summed E-state index contributed by atoms with van der Waals surface area (Å²) in [5.74, 6) is -0.783. The highest BCUT2D eigenvalue weighted by atomic mass is 16.4. The molecule has 2 aromatic rings. The molecular formula is C17H19NO2. The predicted octanol–water partition coefficient (Wildman–Crippen LogP) is 3.15. The summed E-state index contributed by atoms with van der Waals surface area (Å²) in [6.45, 7) is 2.52. The normalized spacial score (nSPS) is 12.1. The molecule has 3 heteroatoms. The molecule has 2 rings (SSSR count). The van der Waals surface area contributed by atoms with Crippen LogP contribution in [0.15, 0.2) is 54.6 Å². The van der Waals surface area contributed by atoms with E-state index in [1.54, 1.807) is 0 Å². The number of carboxylic acids is 1. The molecule has 0 radical (unpaired) electrons. The van der Waals surface area contributed by atoms with Crippen molar-refractivity contribution in [3.8, 4) is 0 Å². The maximum atomic E-state index is 10.7. The van der Waals surface area contributed by atoms with Crippen LogP contribution in [0, 0.1) is 6.92 Å². The van der Waals surface area contributed by atoms with Gasteiger partial charge < -0.3 is 10.4 Å². The second kappa shape index (κ2) is 6.87. The molecule has 0 heterocycles. The van der Waals surface area contributed by atoms with E-state index in [2.05, 4.69) is 36.5 Å². The molecule has 2 aromatic carbocycles. The standard InChI is InChI=1S/C17H19NO2/c1-13-7-5-6-10-15(13)17(18-12-11-16(19)20)14-8-3-2-4-9-14/h2-10,17-18H,11-12H2,1H3,(H,19,20). The van der Waals surface area contributed by atoms with E-state index in [1.165, 1.54) is 11.1 Å². The minimum atomic E-state index is -0.783. The van der Waals surface area contributed by atoms with Crippen molar-refractivity contribution in [2.24, 2.45) is 0 Å². The number of benzene rings is 2. The number of rotatable bonds is 6. The third-order valence-corrected chi connectivity index (χ3v) is 3.32. The quantitative estimate of drug-likeness (QED) is 0.847. The molecule has 0 saturated carbocycles. The van der Waals surface area contributed by atoms with Crippen LogP contribution in [0.5, 0.6) is 0 Å². The highest BCUT2D eigenvalue weighted by Gasteiger charge is 2.15. The van der Waals surface area contributed by atoms with E-state index in [4.69, 9.17) is 5.11 Å². The van der Waals surface area contributed by atoms with Gasteiger partial charge in [-0.2, -0.15) is 0 Å². The van der Waals surface area contributed by atoms with Crippen LogP contribution in [-0.4, -0.2) is 17.6 Å². The second-order valence-corrected chi connectivity index (χ2v) is 4.80. The van der Waals surface area contributed by atoms with E-state index in [0.29, 0.717) is 6.54 Å². The molecule has 20 heavy (non-hydrogen) atoms. The maximum absolute atomic E-state index is 10.7. The average molecular weight is 269 g/mol. The summed E-state index contributed by atoms with van der Waals surface area (Å²) in [6, 6.07) is 18.3. The molecular weight excluding hydrogens is 250 g/mol. The van der Waals surface area contributed by atoms with Gasteiger partial charge in [0.05, 0.1) is 12.5 Å². The molecule has 0 aromatic heterocycles. The van der Waals surface area contributed by atoms with Gasteiger partial charge in [-0.15, -0.1) is 0 Å². The molecule has 3 nitrogen and oxygen atoms in total. The minimum absolute atomic E-state index is 0.0248. The van der Waals surface area contributed by atoms with Crippen LogP contribution in [0.4, 0.5) is 0 Å². The molecule has 0 fully saturated rings. The van der Waals surface area contributed by atoms with Crippen LogP contribution in [-0.2, 0) is 4.79 Å². The van der Waals surface area contributed by atoms with E-state index in [1.807, 2.05) is 30.3 Å². The fraction of sp³-hybridized carbons (Fsp3) is 0.235.